The van der Waals surface area contributed by atoms with Crippen molar-refractivity contribution in [3.8, 4) is 5.88 Å². The number of alkyl halides is 3. The highest BCUT2D eigenvalue weighted by atomic mass is 19.4. The molecule has 0 unspecified atom stereocenters. The van der Waals surface area contributed by atoms with Crippen molar-refractivity contribution in [1.29, 1.82) is 0 Å². The molecule has 6 heterocycles. The molecule has 2 aromatic heterocycles. The average molecular weight is 603 g/mol. The largest absolute Gasteiger partial charge is 0.469 e. The van der Waals surface area contributed by atoms with E-state index < -0.39 is 23.7 Å². The minimum atomic E-state index is -4.63. The molecule has 1 atom stereocenters. The van der Waals surface area contributed by atoms with Crippen LogP contribution < -0.4 is 15.0 Å². The molecule has 4 aliphatic heterocycles. The second kappa shape index (κ2) is 13.0. The maximum Gasteiger partial charge on any atom is 0.423 e. The number of carbonyl (C=O) groups is 1. The number of aromatic nitrogens is 4. The minimum absolute atomic E-state index is 0.00483. The first-order valence-corrected chi connectivity index (χ1v) is 15.0. The summed E-state index contributed by atoms with van der Waals surface area (Å²) in [7, 11) is 0. The quantitative estimate of drug-likeness (QED) is 0.453. The lowest BCUT2D eigenvalue weighted by atomic mass is 10.0. The van der Waals surface area contributed by atoms with E-state index in [0.29, 0.717) is 26.1 Å². The Morgan fingerprint density at radius 3 is 2.70 bits per heavy atom. The molecule has 1 N–H and O–H groups in total. The number of fused-ring (bicyclic) bond motifs is 1. The lowest BCUT2D eigenvalue weighted by Crippen LogP contribution is -2.44. The number of ether oxygens (including phenoxy) is 2. The van der Waals surface area contributed by atoms with Crippen LogP contribution in [0.5, 0.6) is 5.88 Å². The van der Waals surface area contributed by atoms with E-state index >= 15 is 0 Å². The van der Waals surface area contributed by atoms with Gasteiger partial charge in [-0.15, -0.1) is 0 Å². The molecule has 0 bridgehead atoms. The van der Waals surface area contributed by atoms with Crippen molar-refractivity contribution in [2.75, 3.05) is 62.7 Å². The molecular weight excluding hydrogens is 565 g/mol. The number of rotatable bonds is 8. The molecule has 4 aliphatic rings. The van der Waals surface area contributed by atoms with Gasteiger partial charge in [0.25, 0.3) is 0 Å². The third-order valence-electron chi connectivity index (χ3n) is 8.37. The summed E-state index contributed by atoms with van der Waals surface area (Å²) in [4.78, 5) is 36.4. The first-order chi connectivity index (χ1) is 20.8. The highest BCUT2D eigenvalue weighted by Crippen LogP contribution is 2.36. The Kier molecular flexibility index (Phi) is 8.93. The fourth-order valence-electron chi connectivity index (χ4n) is 5.98. The van der Waals surface area contributed by atoms with Crippen molar-refractivity contribution in [1.82, 2.24) is 29.7 Å². The smallest absolute Gasteiger partial charge is 0.423 e. The number of amides is 1. The molecule has 232 valence electrons. The molecule has 3 saturated heterocycles. The number of piperidine rings is 2. The van der Waals surface area contributed by atoms with E-state index in [-0.39, 0.29) is 31.1 Å². The highest BCUT2D eigenvalue weighted by Gasteiger charge is 2.38. The Morgan fingerprint density at radius 1 is 1.09 bits per heavy atom. The maximum atomic E-state index is 13.5. The van der Waals surface area contributed by atoms with Gasteiger partial charge in [0.15, 0.2) is 0 Å². The fourth-order valence-corrected chi connectivity index (χ4v) is 5.98. The second-order valence-electron chi connectivity index (χ2n) is 11.5. The van der Waals surface area contributed by atoms with Crippen LogP contribution in [0.3, 0.4) is 0 Å². The Bertz CT molecular complexity index is 1320. The van der Waals surface area contributed by atoms with Crippen LogP contribution in [-0.4, -0.2) is 100 Å². The molecule has 0 spiro atoms. The van der Waals surface area contributed by atoms with Crippen LogP contribution in [0, 0.1) is 0 Å². The second-order valence-corrected chi connectivity index (χ2v) is 11.5. The van der Waals surface area contributed by atoms with E-state index in [9.17, 15) is 18.0 Å². The van der Waals surface area contributed by atoms with Crippen LogP contribution in [0.15, 0.2) is 24.7 Å². The van der Waals surface area contributed by atoms with Gasteiger partial charge < -0.3 is 24.6 Å². The lowest BCUT2D eigenvalue weighted by molar-refractivity contribution is -0.142. The van der Waals surface area contributed by atoms with Crippen LogP contribution in [0.1, 0.15) is 48.9 Å². The number of nitrogens with zero attached hydrogens (tertiary/aromatic N) is 7. The van der Waals surface area contributed by atoms with Gasteiger partial charge in [0.2, 0.25) is 17.7 Å². The van der Waals surface area contributed by atoms with Gasteiger partial charge in [-0.2, -0.15) is 18.2 Å². The van der Waals surface area contributed by atoms with Gasteiger partial charge in [-0.25, -0.2) is 15.0 Å². The molecule has 0 aliphatic carbocycles. The normalized spacial score (nSPS) is 21.9. The number of hydrogen-bond donors (Lipinski definition) is 1. The van der Waals surface area contributed by atoms with Crippen molar-refractivity contribution < 1.29 is 27.4 Å². The van der Waals surface area contributed by atoms with Crippen LogP contribution in [0.2, 0.25) is 0 Å². The molecule has 1 amide bonds. The number of nitrogens with one attached hydrogen (secondary N) is 1. The number of anilines is 2. The third-order valence-corrected chi connectivity index (χ3v) is 8.37. The summed E-state index contributed by atoms with van der Waals surface area (Å²) in [5.41, 5.74) is 0.874. The Balaban J connectivity index is 1.09. The number of carbonyl (C=O) groups excluding carboxylic acids is 1. The molecule has 2 aromatic rings. The molecule has 3 fully saturated rings. The average Bonchev–Trinajstić information content (AvgIpc) is 2.98. The molecule has 0 radical (unpaired) electrons. The zero-order chi connectivity index (χ0) is 29.8. The van der Waals surface area contributed by atoms with Gasteiger partial charge >= 0.3 is 6.18 Å². The van der Waals surface area contributed by atoms with Crippen molar-refractivity contribution in [2.45, 2.75) is 63.4 Å². The SMILES string of the molecule is O=C(/C=C/CN1CCCCC1)N1CCc2c(ncnc2N2CCC[C@@H](Nc3ncc(C(F)(F)F)c(OC4COC4)n3)C2)C1. The van der Waals surface area contributed by atoms with E-state index in [2.05, 4.69) is 35.1 Å². The van der Waals surface area contributed by atoms with Crippen molar-refractivity contribution in [3.05, 3.63) is 41.5 Å². The summed E-state index contributed by atoms with van der Waals surface area (Å²) in [5.74, 6) is 0.431. The summed E-state index contributed by atoms with van der Waals surface area (Å²) in [6.45, 7) is 5.81. The molecule has 14 heteroatoms. The van der Waals surface area contributed by atoms with Crippen LogP contribution in [0.25, 0.3) is 0 Å². The summed E-state index contributed by atoms with van der Waals surface area (Å²) in [6, 6.07) is -0.109. The molecule has 0 saturated carbocycles. The first kappa shape index (κ1) is 29.5. The molecule has 0 aromatic carbocycles. The maximum absolute atomic E-state index is 13.5. The Labute approximate surface area is 248 Å². The molecule has 6 rings (SSSR count). The lowest BCUT2D eigenvalue weighted by Gasteiger charge is -2.36. The van der Waals surface area contributed by atoms with E-state index in [0.717, 1.165) is 62.3 Å². The van der Waals surface area contributed by atoms with Gasteiger partial charge in [0, 0.05) is 50.1 Å². The van der Waals surface area contributed by atoms with Gasteiger partial charge in [-0.3, -0.25) is 9.69 Å². The fraction of sp³-hybridized carbons (Fsp3) is 0.621. The van der Waals surface area contributed by atoms with Crippen molar-refractivity contribution in [3.63, 3.8) is 0 Å². The zero-order valence-electron chi connectivity index (χ0n) is 24.1. The highest BCUT2D eigenvalue weighted by molar-refractivity contribution is 5.87. The van der Waals surface area contributed by atoms with Gasteiger partial charge in [-0.1, -0.05) is 12.5 Å². The predicted octanol–water partition coefficient (Wildman–Crippen LogP) is 3.07. The zero-order valence-corrected chi connectivity index (χ0v) is 24.1. The standard InChI is InChI=1S/C29H37F3N8O3/c30-29(31,32)23-14-33-28(37-27(23)43-21-17-42-18-21)36-20-6-4-12-40(15-20)26-22-8-13-39(16-24(22)34-19-35-26)25(41)7-5-11-38-9-2-1-3-10-38/h5,7,14,19-21H,1-4,6,8-13,15-18H2,(H,33,36,37)/b7-5+/t20-/m1/s1. The number of hydrogen-bond acceptors (Lipinski definition) is 10. The summed E-state index contributed by atoms with van der Waals surface area (Å²) in [5, 5.41) is 3.20. The number of halogens is 3. The minimum Gasteiger partial charge on any atom is -0.469 e. The van der Waals surface area contributed by atoms with E-state index in [1.165, 1.54) is 25.6 Å². The third kappa shape index (κ3) is 7.18. The Morgan fingerprint density at radius 2 is 1.93 bits per heavy atom. The van der Waals surface area contributed by atoms with Crippen LogP contribution in [0.4, 0.5) is 24.9 Å². The molecule has 11 nitrogen and oxygen atoms in total. The van der Waals surface area contributed by atoms with Gasteiger partial charge in [0.1, 0.15) is 23.8 Å². The van der Waals surface area contributed by atoms with Gasteiger partial charge in [-0.05, 0) is 45.2 Å². The number of likely N-dealkylation sites (tertiary alicyclic amines) is 1. The van der Waals surface area contributed by atoms with E-state index in [4.69, 9.17) is 9.47 Å². The monoisotopic (exact) mass is 602 g/mol. The van der Waals surface area contributed by atoms with Gasteiger partial charge in [0.05, 0.1) is 25.5 Å². The van der Waals surface area contributed by atoms with Crippen molar-refractivity contribution >= 4 is 17.7 Å². The molecule has 43 heavy (non-hydrogen) atoms. The first-order valence-electron chi connectivity index (χ1n) is 15.0. The predicted molar refractivity (Wildman–Crippen MR) is 152 cm³/mol. The van der Waals surface area contributed by atoms with E-state index in [1.807, 2.05) is 11.0 Å². The van der Waals surface area contributed by atoms with E-state index in [1.54, 1.807) is 6.08 Å². The molecular formula is C29H37F3N8O3. The summed E-state index contributed by atoms with van der Waals surface area (Å²) < 4.78 is 51.1. The Hall–Kier alpha value is -3.52. The van der Waals surface area contributed by atoms with Crippen LogP contribution in [-0.2, 0) is 28.7 Å². The van der Waals surface area contributed by atoms with Crippen LogP contribution >= 0.6 is 0 Å². The topological polar surface area (TPSA) is 109 Å². The van der Waals surface area contributed by atoms with Crippen molar-refractivity contribution in [2.24, 2.45) is 0 Å². The summed E-state index contributed by atoms with van der Waals surface area (Å²) in [6.07, 6.45) is 6.89. The summed E-state index contributed by atoms with van der Waals surface area (Å²) >= 11 is 0.